The topological polar surface area (TPSA) is 15.3 Å². The van der Waals surface area contributed by atoms with E-state index in [-0.39, 0.29) is 0 Å². The van der Waals surface area contributed by atoms with Crippen LogP contribution in [-0.4, -0.2) is 26.7 Å². The Labute approximate surface area is 153 Å². The number of hydrogen-bond acceptors (Lipinski definition) is 2. The van der Waals surface area contributed by atoms with Gasteiger partial charge in [-0.3, -0.25) is 0 Å². The van der Waals surface area contributed by atoms with Crippen LogP contribution in [0.25, 0.3) is 0 Å². The van der Waals surface area contributed by atoms with Gasteiger partial charge in [0.2, 0.25) is 0 Å². The molecule has 0 spiro atoms. The number of hydrogen-bond donors (Lipinski definition) is 1. The van der Waals surface area contributed by atoms with Crippen LogP contribution < -0.4 is 10.2 Å². The predicted molar refractivity (Wildman–Crippen MR) is 110 cm³/mol. The van der Waals surface area contributed by atoms with Crippen LogP contribution in [0.1, 0.15) is 31.7 Å². The van der Waals surface area contributed by atoms with Gasteiger partial charge >= 0.3 is 0 Å². The molecule has 3 heteroatoms. The van der Waals surface area contributed by atoms with Crippen LogP contribution in [0.2, 0.25) is 5.02 Å². The molecule has 0 bridgehead atoms. The number of allylic oxidation sites excluding steroid dienone is 2. The van der Waals surface area contributed by atoms with Crippen molar-refractivity contribution in [2.45, 2.75) is 32.6 Å². The van der Waals surface area contributed by atoms with Crippen molar-refractivity contribution in [1.82, 2.24) is 5.32 Å². The highest BCUT2D eigenvalue weighted by molar-refractivity contribution is 6.30. The fraction of sp³-hybridized carbons (Fsp3) is 0.429. The summed E-state index contributed by atoms with van der Waals surface area (Å²) in [6.07, 6.45) is 18.7. The van der Waals surface area contributed by atoms with Crippen LogP contribution in [0.3, 0.4) is 0 Å². The Morgan fingerprint density at radius 2 is 2.04 bits per heavy atom. The number of nitrogens with zero attached hydrogens (tertiary/aromatic N) is 1. The molecule has 0 aromatic heterocycles. The van der Waals surface area contributed by atoms with Crippen molar-refractivity contribution < 1.29 is 0 Å². The van der Waals surface area contributed by atoms with Crippen molar-refractivity contribution >= 4 is 17.3 Å². The van der Waals surface area contributed by atoms with Gasteiger partial charge in [0.15, 0.2) is 0 Å². The lowest BCUT2D eigenvalue weighted by Crippen LogP contribution is -2.28. The molecular weight excluding hydrogens is 316 g/mol. The summed E-state index contributed by atoms with van der Waals surface area (Å²) >= 11 is 6.24. The fourth-order valence-electron chi connectivity index (χ4n) is 2.47. The Kier molecular flexibility index (Phi) is 13.8. The van der Waals surface area contributed by atoms with Crippen LogP contribution in [0.15, 0.2) is 43.0 Å². The van der Waals surface area contributed by atoms with E-state index in [1.54, 1.807) is 0 Å². The number of halogens is 1. The van der Waals surface area contributed by atoms with Crippen molar-refractivity contribution in [2.24, 2.45) is 0 Å². The van der Waals surface area contributed by atoms with Gasteiger partial charge in [-0.25, -0.2) is 0 Å². The van der Waals surface area contributed by atoms with Gasteiger partial charge in [-0.2, -0.15) is 0 Å². The van der Waals surface area contributed by atoms with Crippen molar-refractivity contribution in [3.05, 3.63) is 53.6 Å². The summed E-state index contributed by atoms with van der Waals surface area (Å²) in [6, 6.07) is 6.27. The smallest absolute Gasteiger partial charge is 0.0426 e. The Morgan fingerprint density at radius 1 is 1.29 bits per heavy atom. The van der Waals surface area contributed by atoms with Gasteiger partial charge in [0.05, 0.1) is 0 Å². The number of nitrogens with one attached hydrogen (secondary N) is 1. The molecular formula is C21H31ClN2. The van der Waals surface area contributed by atoms with Crippen molar-refractivity contribution in [1.29, 1.82) is 0 Å². The molecule has 1 aromatic carbocycles. The lowest BCUT2D eigenvalue weighted by atomic mass is 10.0. The third-order valence-corrected chi connectivity index (χ3v) is 3.89. The van der Waals surface area contributed by atoms with Crippen LogP contribution in [-0.2, 0) is 6.42 Å². The predicted octanol–water partition coefficient (Wildman–Crippen LogP) is 5.09. The summed E-state index contributed by atoms with van der Waals surface area (Å²) in [7, 11) is 2.00. The number of anilines is 1. The first-order valence-corrected chi connectivity index (χ1v) is 8.84. The first-order valence-electron chi connectivity index (χ1n) is 8.46. The Morgan fingerprint density at radius 3 is 2.67 bits per heavy atom. The summed E-state index contributed by atoms with van der Waals surface area (Å²) in [5.74, 6) is 0. The first-order chi connectivity index (χ1) is 11.7. The van der Waals surface area contributed by atoms with E-state index in [9.17, 15) is 0 Å². The maximum Gasteiger partial charge on any atom is 0.0426 e. The molecule has 1 aromatic rings. The number of aryl methyl sites for hydroxylation is 1. The van der Waals surface area contributed by atoms with Crippen LogP contribution in [0, 0.1) is 12.8 Å². The molecule has 0 saturated carbocycles. The van der Waals surface area contributed by atoms with Crippen LogP contribution in [0.5, 0.6) is 0 Å². The maximum atomic E-state index is 6.24. The average molecular weight is 347 g/mol. The zero-order chi connectivity index (χ0) is 18.2. The largest absolute Gasteiger partial charge is 0.367 e. The molecule has 0 unspecified atom stereocenters. The number of rotatable bonds is 11. The Bertz CT molecular complexity index is 506. The second kappa shape index (κ2) is 14.9. The third kappa shape index (κ3) is 8.82. The van der Waals surface area contributed by atoms with E-state index >= 15 is 0 Å². The van der Waals surface area contributed by atoms with E-state index in [2.05, 4.69) is 60.9 Å². The Hall–Kier alpha value is -1.69. The van der Waals surface area contributed by atoms with E-state index in [1.807, 2.05) is 19.2 Å². The molecule has 0 fully saturated rings. The van der Waals surface area contributed by atoms with Gasteiger partial charge in [-0.15, -0.1) is 19.4 Å². The third-order valence-electron chi connectivity index (χ3n) is 3.66. The normalized spacial score (nSPS) is 10.2. The highest BCUT2D eigenvalue weighted by Gasteiger charge is 2.11. The highest BCUT2D eigenvalue weighted by atomic mass is 35.5. The standard InChI is InChI=1S/C19H29ClN2.C2H2/c1-4-6-8-10-17-11-12-18(20)16-19(17)22(14-7-5-2)15-9-13-21-3;1-2/h4-5,7,11-12,16,21H,1,6,8-10,13-15H2,2-3H3;1-2H/b7-5-;. The zero-order valence-electron chi connectivity index (χ0n) is 15.1. The second-order valence-electron chi connectivity index (χ2n) is 5.43. The monoisotopic (exact) mass is 346 g/mol. The summed E-state index contributed by atoms with van der Waals surface area (Å²) in [5, 5.41) is 4.02. The summed E-state index contributed by atoms with van der Waals surface area (Å²) in [4.78, 5) is 2.42. The summed E-state index contributed by atoms with van der Waals surface area (Å²) < 4.78 is 0. The van der Waals surface area contributed by atoms with E-state index in [4.69, 9.17) is 11.6 Å². The van der Waals surface area contributed by atoms with Gasteiger partial charge in [-0.1, -0.05) is 35.9 Å². The number of terminal acetylenes is 1. The number of unbranched alkanes of at least 4 members (excludes halogenated alkanes) is 1. The van der Waals surface area contributed by atoms with E-state index in [0.717, 1.165) is 50.3 Å². The molecule has 0 radical (unpaired) electrons. The molecule has 1 N–H and O–H groups in total. The van der Waals surface area contributed by atoms with Gasteiger partial charge in [0.25, 0.3) is 0 Å². The summed E-state index contributed by atoms with van der Waals surface area (Å²) in [5.41, 5.74) is 2.64. The van der Waals surface area contributed by atoms with Crippen LogP contribution in [0.4, 0.5) is 5.69 Å². The Balaban J connectivity index is 0.00000254. The highest BCUT2D eigenvalue weighted by Crippen LogP contribution is 2.27. The van der Waals surface area contributed by atoms with E-state index in [1.165, 1.54) is 11.3 Å². The zero-order valence-corrected chi connectivity index (χ0v) is 15.9. The van der Waals surface area contributed by atoms with Gasteiger partial charge in [0, 0.05) is 23.8 Å². The molecule has 1 rings (SSSR count). The second-order valence-corrected chi connectivity index (χ2v) is 5.86. The first kappa shape index (κ1) is 22.3. The SMILES string of the molecule is C#C.C=CCCCc1ccc(Cl)cc1N(C/C=C\C)CCCNC. The minimum atomic E-state index is 0.807. The molecule has 0 aliphatic rings. The molecule has 2 nitrogen and oxygen atoms in total. The maximum absolute atomic E-state index is 6.24. The fourth-order valence-corrected chi connectivity index (χ4v) is 2.64. The van der Waals surface area contributed by atoms with E-state index in [0.29, 0.717) is 0 Å². The molecule has 0 heterocycles. The quantitative estimate of drug-likeness (QED) is 0.341. The van der Waals surface area contributed by atoms with Crippen molar-refractivity contribution in [3.8, 4) is 12.8 Å². The van der Waals surface area contributed by atoms with Crippen LogP contribution >= 0.6 is 11.6 Å². The average Bonchev–Trinajstić information content (AvgIpc) is 2.61. The summed E-state index contributed by atoms with van der Waals surface area (Å²) in [6.45, 7) is 8.85. The molecule has 0 amide bonds. The molecule has 24 heavy (non-hydrogen) atoms. The minimum Gasteiger partial charge on any atom is -0.367 e. The van der Waals surface area contributed by atoms with Gasteiger partial charge < -0.3 is 10.2 Å². The molecule has 0 saturated heterocycles. The number of benzene rings is 1. The van der Waals surface area contributed by atoms with E-state index < -0.39 is 0 Å². The molecule has 0 atom stereocenters. The van der Waals surface area contributed by atoms with Gasteiger partial charge in [-0.05, 0) is 63.9 Å². The van der Waals surface area contributed by atoms with Gasteiger partial charge in [0.1, 0.15) is 0 Å². The lowest BCUT2D eigenvalue weighted by molar-refractivity contribution is 0.698. The molecule has 0 aliphatic heterocycles. The minimum absolute atomic E-state index is 0.807. The molecule has 0 aliphatic carbocycles. The van der Waals surface area contributed by atoms with Crippen molar-refractivity contribution in [2.75, 3.05) is 31.6 Å². The van der Waals surface area contributed by atoms with Crippen molar-refractivity contribution in [3.63, 3.8) is 0 Å². The lowest BCUT2D eigenvalue weighted by Gasteiger charge is -2.26. The molecule has 132 valence electrons.